The Morgan fingerprint density at radius 1 is 1.53 bits per heavy atom. The van der Waals surface area contributed by atoms with Gasteiger partial charge in [0, 0.05) is 13.2 Å². The second kappa shape index (κ2) is 6.31. The summed E-state index contributed by atoms with van der Waals surface area (Å²) in [5.41, 5.74) is 3.71. The van der Waals surface area contributed by atoms with Crippen LogP contribution in [0.5, 0.6) is 0 Å². The van der Waals surface area contributed by atoms with Crippen LogP contribution in [0.3, 0.4) is 0 Å². The van der Waals surface area contributed by atoms with Crippen molar-refractivity contribution in [2.24, 2.45) is 5.84 Å². The van der Waals surface area contributed by atoms with Crippen molar-refractivity contribution >= 4 is 15.9 Å². The topological polar surface area (TPSA) is 47.3 Å². The molecular formula is C14H20BrFN2O. The summed E-state index contributed by atoms with van der Waals surface area (Å²) in [6.45, 7) is 0. The maximum absolute atomic E-state index is 13.5. The van der Waals surface area contributed by atoms with Gasteiger partial charge >= 0.3 is 0 Å². The standard InChI is InChI=1S/C14H20BrFN2O/c1-19-14(6-3-7-14)9-11(18-17)8-10-4-2-5-12(16)13(10)15/h2,4-5,11,18H,3,6-9,17H2,1H3. The molecule has 1 aliphatic carbocycles. The van der Waals surface area contributed by atoms with E-state index in [2.05, 4.69) is 21.4 Å². The Kier molecular flexibility index (Phi) is 4.95. The zero-order valence-electron chi connectivity index (χ0n) is 11.1. The number of rotatable bonds is 6. The molecule has 19 heavy (non-hydrogen) atoms. The van der Waals surface area contributed by atoms with E-state index in [0.29, 0.717) is 10.9 Å². The fraction of sp³-hybridized carbons (Fsp3) is 0.571. The molecule has 1 saturated carbocycles. The van der Waals surface area contributed by atoms with Gasteiger partial charge in [0.25, 0.3) is 0 Å². The lowest BCUT2D eigenvalue weighted by Gasteiger charge is -2.42. The number of nitrogens with two attached hydrogens (primary N) is 1. The van der Waals surface area contributed by atoms with Gasteiger partial charge < -0.3 is 4.74 Å². The van der Waals surface area contributed by atoms with Crippen LogP contribution in [-0.2, 0) is 11.2 Å². The first-order valence-electron chi connectivity index (χ1n) is 6.54. The fourth-order valence-corrected chi connectivity index (χ4v) is 3.10. The van der Waals surface area contributed by atoms with Crippen LogP contribution in [0.4, 0.5) is 4.39 Å². The van der Waals surface area contributed by atoms with Crippen molar-refractivity contribution in [3.05, 3.63) is 34.1 Å². The monoisotopic (exact) mass is 330 g/mol. The van der Waals surface area contributed by atoms with Crippen LogP contribution >= 0.6 is 15.9 Å². The summed E-state index contributed by atoms with van der Waals surface area (Å²) >= 11 is 3.29. The molecule has 1 fully saturated rings. The molecule has 0 heterocycles. The van der Waals surface area contributed by atoms with Crippen LogP contribution in [0, 0.1) is 5.82 Å². The summed E-state index contributed by atoms with van der Waals surface area (Å²) in [6.07, 6.45) is 4.88. The number of halogens is 2. The summed E-state index contributed by atoms with van der Waals surface area (Å²) in [7, 11) is 1.75. The van der Waals surface area contributed by atoms with Gasteiger partial charge in [-0.2, -0.15) is 0 Å². The number of ether oxygens (including phenoxy) is 1. The Morgan fingerprint density at radius 2 is 2.26 bits per heavy atom. The van der Waals surface area contributed by atoms with E-state index in [1.165, 1.54) is 12.5 Å². The lowest BCUT2D eigenvalue weighted by atomic mass is 9.75. The van der Waals surface area contributed by atoms with Crippen LogP contribution in [0.1, 0.15) is 31.2 Å². The number of hydrazine groups is 1. The molecule has 0 spiro atoms. The first-order valence-corrected chi connectivity index (χ1v) is 7.34. The first-order chi connectivity index (χ1) is 9.10. The van der Waals surface area contributed by atoms with Gasteiger partial charge in [0.05, 0.1) is 10.1 Å². The molecule has 1 unspecified atom stereocenters. The predicted octanol–water partition coefficient (Wildman–Crippen LogP) is 2.92. The molecule has 2 rings (SSSR count). The predicted molar refractivity (Wildman–Crippen MR) is 77.1 cm³/mol. The van der Waals surface area contributed by atoms with Gasteiger partial charge in [0.1, 0.15) is 5.82 Å². The second-order valence-corrected chi connectivity index (χ2v) is 6.02. The summed E-state index contributed by atoms with van der Waals surface area (Å²) in [6, 6.07) is 5.16. The summed E-state index contributed by atoms with van der Waals surface area (Å²) in [5.74, 6) is 5.40. The Labute approximate surface area is 121 Å². The van der Waals surface area contributed by atoms with E-state index in [9.17, 15) is 4.39 Å². The number of hydrogen-bond acceptors (Lipinski definition) is 3. The third-order valence-corrected chi connectivity index (χ3v) is 4.94. The highest BCUT2D eigenvalue weighted by Gasteiger charge is 2.38. The average molecular weight is 331 g/mol. The molecule has 0 radical (unpaired) electrons. The maximum atomic E-state index is 13.5. The zero-order chi connectivity index (χ0) is 13.9. The molecule has 1 aliphatic rings. The quantitative estimate of drug-likeness (QED) is 0.622. The van der Waals surface area contributed by atoms with E-state index < -0.39 is 0 Å². The van der Waals surface area contributed by atoms with Gasteiger partial charge in [-0.1, -0.05) is 12.1 Å². The number of hydrogen-bond donors (Lipinski definition) is 2. The highest BCUT2D eigenvalue weighted by Crippen LogP contribution is 2.39. The van der Waals surface area contributed by atoms with E-state index in [1.54, 1.807) is 13.2 Å². The number of methoxy groups -OCH3 is 1. The van der Waals surface area contributed by atoms with E-state index in [1.807, 2.05) is 6.07 Å². The third kappa shape index (κ3) is 3.34. The molecule has 0 saturated heterocycles. The highest BCUT2D eigenvalue weighted by molar-refractivity contribution is 9.10. The molecule has 3 nitrogen and oxygen atoms in total. The minimum Gasteiger partial charge on any atom is -0.378 e. The first kappa shape index (κ1) is 14.9. The smallest absolute Gasteiger partial charge is 0.137 e. The molecule has 1 aromatic rings. The van der Waals surface area contributed by atoms with E-state index >= 15 is 0 Å². The van der Waals surface area contributed by atoms with Crippen molar-refractivity contribution in [3.8, 4) is 0 Å². The van der Waals surface area contributed by atoms with Crippen LogP contribution < -0.4 is 11.3 Å². The Hall–Kier alpha value is -0.490. The maximum Gasteiger partial charge on any atom is 0.137 e. The third-order valence-electron chi connectivity index (χ3n) is 4.05. The van der Waals surface area contributed by atoms with Gasteiger partial charge in [-0.25, -0.2) is 4.39 Å². The molecule has 5 heteroatoms. The summed E-state index contributed by atoms with van der Waals surface area (Å²) in [4.78, 5) is 0. The van der Waals surface area contributed by atoms with Crippen LogP contribution in [0.25, 0.3) is 0 Å². The molecule has 3 N–H and O–H groups in total. The lowest BCUT2D eigenvalue weighted by molar-refractivity contribution is -0.0834. The van der Waals surface area contributed by atoms with Crippen LogP contribution in [0.15, 0.2) is 22.7 Å². The molecule has 1 aromatic carbocycles. The van der Waals surface area contributed by atoms with E-state index in [0.717, 1.165) is 24.8 Å². The van der Waals surface area contributed by atoms with Crippen molar-refractivity contribution in [2.45, 2.75) is 43.7 Å². The van der Waals surface area contributed by atoms with Gasteiger partial charge in [0.2, 0.25) is 0 Å². The van der Waals surface area contributed by atoms with Gasteiger partial charge in [0.15, 0.2) is 0 Å². The Bertz CT molecular complexity index is 432. The van der Waals surface area contributed by atoms with Crippen molar-refractivity contribution in [1.29, 1.82) is 0 Å². The van der Waals surface area contributed by atoms with Crippen LogP contribution in [-0.4, -0.2) is 18.8 Å². The second-order valence-electron chi connectivity index (χ2n) is 5.23. The minimum absolute atomic E-state index is 0.0448. The largest absolute Gasteiger partial charge is 0.378 e. The molecule has 1 atom stereocenters. The SMILES string of the molecule is COC1(CC(Cc2cccc(F)c2Br)NN)CCC1. The normalized spacial score (nSPS) is 18.9. The highest BCUT2D eigenvalue weighted by atomic mass is 79.9. The van der Waals surface area contributed by atoms with Gasteiger partial charge in [-0.15, -0.1) is 0 Å². The van der Waals surface area contributed by atoms with E-state index in [-0.39, 0.29) is 17.5 Å². The Balaban J connectivity index is 2.04. The molecule has 0 amide bonds. The van der Waals surface area contributed by atoms with E-state index in [4.69, 9.17) is 10.6 Å². The summed E-state index contributed by atoms with van der Waals surface area (Å²) < 4.78 is 19.6. The van der Waals surface area contributed by atoms with Crippen molar-refractivity contribution in [2.75, 3.05) is 7.11 Å². The van der Waals surface area contributed by atoms with Gasteiger partial charge in [-0.05, 0) is 59.7 Å². The van der Waals surface area contributed by atoms with Crippen molar-refractivity contribution in [3.63, 3.8) is 0 Å². The number of nitrogens with one attached hydrogen (secondary N) is 1. The van der Waals surface area contributed by atoms with Crippen LogP contribution in [0.2, 0.25) is 0 Å². The zero-order valence-corrected chi connectivity index (χ0v) is 12.7. The molecule has 106 valence electrons. The van der Waals surface area contributed by atoms with Gasteiger partial charge in [-0.3, -0.25) is 11.3 Å². The molecule has 0 aromatic heterocycles. The summed E-state index contributed by atoms with van der Waals surface area (Å²) in [5, 5.41) is 0. The lowest BCUT2D eigenvalue weighted by Crippen LogP contribution is -2.48. The Morgan fingerprint density at radius 3 is 2.79 bits per heavy atom. The molecule has 0 bridgehead atoms. The molecule has 0 aliphatic heterocycles. The fourth-order valence-electron chi connectivity index (χ4n) is 2.67. The van der Waals surface area contributed by atoms with Crippen molar-refractivity contribution in [1.82, 2.24) is 5.43 Å². The number of benzene rings is 1. The minimum atomic E-state index is -0.238. The average Bonchev–Trinajstić information content (AvgIpc) is 2.37. The molecular weight excluding hydrogens is 311 g/mol. The van der Waals surface area contributed by atoms with Crippen molar-refractivity contribution < 1.29 is 9.13 Å².